The lowest BCUT2D eigenvalue weighted by Crippen LogP contribution is -2.08. The number of hydrogen-bond donors (Lipinski definition) is 1. The van der Waals surface area contributed by atoms with Crippen molar-refractivity contribution in [2.24, 2.45) is 0 Å². The first-order valence-corrected chi connectivity index (χ1v) is 5.89. The number of carboxylic acids is 1. The minimum atomic E-state index is -0.849. The van der Waals surface area contributed by atoms with Crippen molar-refractivity contribution in [2.75, 3.05) is 0 Å². The molecule has 0 saturated carbocycles. The fourth-order valence-corrected chi connectivity index (χ4v) is 2.36. The van der Waals surface area contributed by atoms with Crippen LogP contribution in [-0.4, -0.2) is 16.1 Å². The van der Waals surface area contributed by atoms with Gasteiger partial charge in [-0.25, -0.2) is 4.79 Å². The van der Waals surface area contributed by atoms with Gasteiger partial charge in [0, 0.05) is 5.69 Å². The standard InChI is InChI=1S/C13H17NO2/c1-3-4-11-10(13(15)16)7-9-6-5-8(2)12(9)14-11/h7-8H,3-6H2,1-2H3,(H,15,16). The molecule has 1 aromatic heterocycles. The predicted octanol–water partition coefficient (Wildman–Crippen LogP) is 2.78. The molecule has 0 saturated heterocycles. The summed E-state index contributed by atoms with van der Waals surface area (Å²) in [6.45, 7) is 4.21. The second-order valence-electron chi connectivity index (χ2n) is 4.52. The van der Waals surface area contributed by atoms with Crippen LogP contribution in [-0.2, 0) is 12.8 Å². The van der Waals surface area contributed by atoms with Gasteiger partial charge < -0.3 is 5.11 Å². The molecular weight excluding hydrogens is 202 g/mol. The Hall–Kier alpha value is -1.38. The molecule has 3 nitrogen and oxygen atoms in total. The van der Waals surface area contributed by atoms with Gasteiger partial charge in [0.15, 0.2) is 0 Å². The van der Waals surface area contributed by atoms with Gasteiger partial charge in [0.05, 0.1) is 11.3 Å². The van der Waals surface area contributed by atoms with E-state index in [2.05, 4.69) is 11.9 Å². The van der Waals surface area contributed by atoms with Crippen LogP contribution in [0.15, 0.2) is 6.07 Å². The minimum Gasteiger partial charge on any atom is -0.478 e. The van der Waals surface area contributed by atoms with Crippen molar-refractivity contribution in [3.63, 3.8) is 0 Å². The Morgan fingerprint density at radius 3 is 3.00 bits per heavy atom. The van der Waals surface area contributed by atoms with Crippen LogP contribution in [0.5, 0.6) is 0 Å². The summed E-state index contributed by atoms with van der Waals surface area (Å²) in [5.41, 5.74) is 3.40. The van der Waals surface area contributed by atoms with E-state index >= 15 is 0 Å². The van der Waals surface area contributed by atoms with E-state index in [9.17, 15) is 4.79 Å². The molecule has 0 amide bonds. The van der Waals surface area contributed by atoms with E-state index in [-0.39, 0.29) is 0 Å². The minimum absolute atomic E-state index is 0.398. The van der Waals surface area contributed by atoms with Gasteiger partial charge in [-0.3, -0.25) is 4.98 Å². The molecule has 16 heavy (non-hydrogen) atoms. The van der Waals surface area contributed by atoms with Gasteiger partial charge in [-0.2, -0.15) is 0 Å². The van der Waals surface area contributed by atoms with Crippen LogP contribution < -0.4 is 0 Å². The Morgan fingerprint density at radius 1 is 1.62 bits per heavy atom. The SMILES string of the molecule is CCCc1nc2c(cc1C(=O)O)CCC2C. The fraction of sp³-hybridized carbons (Fsp3) is 0.538. The Kier molecular flexibility index (Phi) is 2.95. The van der Waals surface area contributed by atoms with Crippen molar-refractivity contribution in [2.45, 2.75) is 45.4 Å². The van der Waals surface area contributed by atoms with Crippen molar-refractivity contribution in [1.29, 1.82) is 0 Å². The highest BCUT2D eigenvalue weighted by Gasteiger charge is 2.23. The van der Waals surface area contributed by atoms with E-state index in [1.165, 1.54) is 0 Å². The highest BCUT2D eigenvalue weighted by atomic mass is 16.4. The fourth-order valence-electron chi connectivity index (χ4n) is 2.36. The average Bonchev–Trinajstić information content (AvgIpc) is 2.60. The zero-order valence-corrected chi connectivity index (χ0v) is 9.79. The number of fused-ring (bicyclic) bond motifs is 1. The third-order valence-electron chi connectivity index (χ3n) is 3.24. The molecule has 0 aromatic carbocycles. The molecule has 1 aliphatic carbocycles. The lowest BCUT2D eigenvalue weighted by Gasteiger charge is -2.09. The summed E-state index contributed by atoms with van der Waals surface area (Å²) in [6, 6.07) is 1.83. The number of nitrogens with zero attached hydrogens (tertiary/aromatic N) is 1. The first kappa shape index (κ1) is 11.1. The normalized spacial score (nSPS) is 18.5. The number of rotatable bonds is 3. The van der Waals surface area contributed by atoms with Crippen molar-refractivity contribution >= 4 is 5.97 Å². The van der Waals surface area contributed by atoms with E-state index in [0.717, 1.165) is 42.6 Å². The first-order chi connectivity index (χ1) is 7.63. The quantitative estimate of drug-likeness (QED) is 0.850. The smallest absolute Gasteiger partial charge is 0.337 e. The summed E-state index contributed by atoms with van der Waals surface area (Å²) in [5.74, 6) is -0.369. The Bertz CT molecular complexity index is 426. The molecule has 0 fully saturated rings. The summed E-state index contributed by atoms with van der Waals surface area (Å²) in [5, 5.41) is 9.15. The van der Waals surface area contributed by atoms with Crippen LogP contribution in [0.3, 0.4) is 0 Å². The monoisotopic (exact) mass is 219 g/mol. The largest absolute Gasteiger partial charge is 0.478 e. The van der Waals surface area contributed by atoms with Gasteiger partial charge >= 0.3 is 5.97 Å². The molecule has 86 valence electrons. The van der Waals surface area contributed by atoms with Crippen molar-refractivity contribution < 1.29 is 9.90 Å². The molecule has 0 bridgehead atoms. The lowest BCUT2D eigenvalue weighted by molar-refractivity contribution is 0.0695. The summed E-state index contributed by atoms with van der Waals surface area (Å²) in [7, 11) is 0. The molecule has 1 unspecified atom stereocenters. The van der Waals surface area contributed by atoms with Crippen LogP contribution in [0.2, 0.25) is 0 Å². The molecule has 0 radical (unpaired) electrons. The van der Waals surface area contributed by atoms with Gasteiger partial charge in [-0.05, 0) is 36.8 Å². The molecule has 1 aromatic rings. The summed E-state index contributed by atoms with van der Waals surface area (Å²) in [6.07, 6.45) is 3.75. The highest BCUT2D eigenvalue weighted by molar-refractivity contribution is 5.89. The number of hydrogen-bond acceptors (Lipinski definition) is 2. The number of carbonyl (C=O) groups is 1. The lowest BCUT2D eigenvalue weighted by atomic mass is 10.0. The van der Waals surface area contributed by atoms with Crippen LogP contribution in [0.1, 0.15) is 59.9 Å². The second-order valence-corrected chi connectivity index (χ2v) is 4.52. The van der Waals surface area contributed by atoms with E-state index in [1.54, 1.807) is 0 Å². The van der Waals surface area contributed by atoms with Gasteiger partial charge in [0.25, 0.3) is 0 Å². The molecule has 1 atom stereocenters. The average molecular weight is 219 g/mol. The van der Waals surface area contributed by atoms with E-state index in [4.69, 9.17) is 5.11 Å². The highest BCUT2D eigenvalue weighted by Crippen LogP contribution is 2.32. The number of carboxylic acid groups (broad SMARTS) is 1. The molecule has 0 aliphatic heterocycles. The molecule has 0 spiro atoms. The summed E-state index contributed by atoms with van der Waals surface area (Å²) >= 11 is 0. The van der Waals surface area contributed by atoms with Gasteiger partial charge in [0.2, 0.25) is 0 Å². The zero-order valence-electron chi connectivity index (χ0n) is 9.79. The van der Waals surface area contributed by atoms with Crippen molar-refractivity contribution in [1.82, 2.24) is 4.98 Å². The zero-order chi connectivity index (χ0) is 11.7. The molecule has 1 heterocycles. The topological polar surface area (TPSA) is 50.2 Å². The van der Waals surface area contributed by atoms with Gasteiger partial charge in [-0.1, -0.05) is 20.3 Å². The summed E-state index contributed by atoms with van der Waals surface area (Å²) < 4.78 is 0. The maximum Gasteiger partial charge on any atom is 0.337 e. The number of aromatic carboxylic acids is 1. The Morgan fingerprint density at radius 2 is 2.38 bits per heavy atom. The maximum absolute atomic E-state index is 11.1. The third-order valence-corrected chi connectivity index (χ3v) is 3.24. The predicted molar refractivity (Wildman–Crippen MR) is 61.9 cm³/mol. The number of aryl methyl sites for hydroxylation is 2. The van der Waals surface area contributed by atoms with Crippen LogP contribution in [0, 0.1) is 0 Å². The van der Waals surface area contributed by atoms with E-state index in [0.29, 0.717) is 11.5 Å². The second kappa shape index (κ2) is 4.24. The van der Waals surface area contributed by atoms with Crippen LogP contribution in [0.4, 0.5) is 0 Å². The molecule has 3 heteroatoms. The van der Waals surface area contributed by atoms with E-state index < -0.39 is 5.97 Å². The number of aromatic nitrogens is 1. The maximum atomic E-state index is 11.1. The Labute approximate surface area is 95.5 Å². The Balaban J connectivity index is 2.50. The summed E-state index contributed by atoms with van der Waals surface area (Å²) in [4.78, 5) is 15.7. The molecule has 1 N–H and O–H groups in total. The third kappa shape index (κ3) is 1.82. The van der Waals surface area contributed by atoms with E-state index in [1.807, 2.05) is 13.0 Å². The molecule has 1 aliphatic rings. The molecular formula is C13H17NO2. The first-order valence-electron chi connectivity index (χ1n) is 5.89. The van der Waals surface area contributed by atoms with Gasteiger partial charge in [-0.15, -0.1) is 0 Å². The van der Waals surface area contributed by atoms with Crippen LogP contribution in [0.25, 0.3) is 0 Å². The van der Waals surface area contributed by atoms with Gasteiger partial charge in [0.1, 0.15) is 0 Å². The number of pyridine rings is 1. The van der Waals surface area contributed by atoms with Crippen molar-refractivity contribution in [3.8, 4) is 0 Å². The van der Waals surface area contributed by atoms with Crippen LogP contribution >= 0.6 is 0 Å². The van der Waals surface area contributed by atoms with Crippen molar-refractivity contribution in [3.05, 3.63) is 28.6 Å². The molecule has 2 rings (SSSR count).